The number of hydrogen-bond donors (Lipinski definition) is 0. The normalized spacial score (nSPS) is 16.8. The van der Waals surface area contributed by atoms with Crippen LogP contribution in [0.25, 0.3) is 0 Å². The second-order valence-corrected chi connectivity index (χ2v) is 9.07. The van der Waals surface area contributed by atoms with Gasteiger partial charge in [0.15, 0.2) is 0 Å². The Balaban J connectivity index is 2.07. The third kappa shape index (κ3) is 4.45. The van der Waals surface area contributed by atoms with Crippen LogP contribution in [0.4, 0.5) is 0 Å². The molecular formula is C16H23IN2O3S. The molecule has 1 aliphatic rings. The van der Waals surface area contributed by atoms with Gasteiger partial charge in [-0.2, -0.15) is 4.31 Å². The number of hydrogen-bond acceptors (Lipinski definition) is 3. The fourth-order valence-electron chi connectivity index (χ4n) is 3.09. The van der Waals surface area contributed by atoms with Gasteiger partial charge in [0.2, 0.25) is 10.0 Å². The number of sulfonamides is 1. The van der Waals surface area contributed by atoms with Crippen molar-refractivity contribution in [1.82, 2.24) is 9.21 Å². The van der Waals surface area contributed by atoms with E-state index in [9.17, 15) is 13.2 Å². The molecular weight excluding hydrogens is 427 g/mol. The van der Waals surface area contributed by atoms with Crippen molar-refractivity contribution in [2.75, 3.05) is 25.9 Å². The molecule has 7 heteroatoms. The molecule has 1 amide bonds. The van der Waals surface area contributed by atoms with E-state index < -0.39 is 10.0 Å². The molecule has 0 unspecified atom stereocenters. The lowest BCUT2D eigenvalue weighted by molar-refractivity contribution is 0.0679. The number of piperidine rings is 1. The van der Waals surface area contributed by atoms with Crippen molar-refractivity contribution in [3.05, 3.63) is 32.9 Å². The van der Waals surface area contributed by atoms with Crippen LogP contribution < -0.4 is 0 Å². The van der Waals surface area contributed by atoms with E-state index in [0.717, 1.165) is 14.7 Å². The van der Waals surface area contributed by atoms with Crippen molar-refractivity contribution >= 4 is 38.5 Å². The van der Waals surface area contributed by atoms with Gasteiger partial charge in [0.1, 0.15) is 0 Å². The van der Waals surface area contributed by atoms with Crippen molar-refractivity contribution < 1.29 is 13.2 Å². The van der Waals surface area contributed by atoms with Crippen LogP contribution in [0.3, 0.4) is 0 Å². The Labute approximate surface area is 152 Å². The Morgan fingerprint density at radius 2 is 1.96 bits per heavy atom. The average Bonchev–Trinajstić information content (AvgIpc) is 2.49. The summed E-state index contributed by atoms with van der Waals surface area (Å²) < 4.78 is 26.1. The highest BCUT2D eigenvalue weighted by Crippen LogP contribution is 2.22. The zero-order valence-electron chi connectivity index (χ0n) is 13.8. The Hall–Kier alpha value is -0.670. The predicted molar refractivity (Wildman–Crippen MR) is 100 cm³/mol. The topological polar surface area (TPSA) is 57.7 Å². The van der Waals surface area contributed by atoms with Gasteiger partial charge in [0.05, 0.1) is 11.8 Å². The number of rotatable bonds is 4. The standard InChI is InChI=1S/C16H23IN2O3S/c1-4-19(23(3,21)22)13-7-9-18(10-8-13)16(20)14-11-12(2)5-6-15(14)17/h5-6,11,13H,4,7-10H2,1-3H3. The molecule has 1 aliphatic heterocycles. The monoisotopic (exact) mass is 450 g/mol. The number of carbonyl (C=O) groups excluding carboxylic acids is 1. The Kier molecular flexibility index (Phi) is 6.07. The van der Waals surface area contributed by atoms with Gasteiger partial charge in [-0.3, -0.25) is 4.79 Å². The smallest absolute Gasteiger partial charge is 0.254 e. The van der Waals surface area contributed by atoms with E-state index in [1.165, 1.54) is 6.26 Å². The molecule has 0 atom stereocenters. The van der Waals surface area contributed by atoms with Crippen LogP contribution in [0.2, 0.25) is 0 Å². The SMILES string of the molecule is CCN(C1CCN(C(=O)c2cc(C)ccc2I)CC1)S(C)(=O)=O. The molecule has 0 aromatic heterocycles. The van der Waals surface area contributed by atoms with Crippen molar-refractivity contribution in [3.8, 4) is 0 Å². The minimum atomic E-state index is -3.19. The Morgan fingerprint density at radius 1 is 1.35 bits per heavy atom. The Bertz CT molecular complexity index is 683. The molecule has 2 rings (SSSR count). The third-order valence-corrected chi connectivity index (χ3v) is 6.60. The minimum absolute atomic E-state index is 0.00404. The molecule has 0 saturated carbocycles. The molecule has 1 heterocycles. The van der Waals surface area contributed by atoms with E-state index in [0.29, 0.717) is 32.5 Å². The molecule has 5 nitrogen and oxygen atoms in total. The van der Waals surface area contributed by atoms with Crippen LogP contribution in [-0.2, 0) is 10.0 Å². The summed E-state index contributed by atoms with van der Waals surface area (Å²) >= 11 is 2.18. The van der Waals surface area contributed by atoms with Crippen molar-refractivity contribution in [2.24, 2.45) is 0 Å². The van der Waals surface area contributed by atoms with E-state index >= 15 is 0 Å². The number of likely N-dealkylation sites (tertiary alicyclic amines) is 1. The first-order valence-electron chi connectivity index (χ1n) is 7.76. The maximum absolute atomic E-state index is 12.7. The number of amides is 1. The number of nitrogens with zero attached hydrogens (tertiary/aromatic N) is 2. The molecule has 1 aromatic rings. The van der Waals surface area contributed by atoms with E-state index in [4.69, 9.17) is 0 Å². The van der Waals surface area contributed by atoms with Gasteiger partial charge in [0, 0.05) is 29.2 Å². The fourth-order valence-corrected chi connectivity index (χ4v) is 4.88. The lowest BCUT2D eigenvalue weighted by Crippen LogP contribution is -2.48. The zero-order valence-corrected chi connectivity index (χ0v) is 16.7. The predicted octanol–water partition coefficient (Wildman–Crippen LogP) is 2.49. The zero-order chi connectivity index (χ0) is 17.2. The van der Waals surface area contributed by atoms with E-state index in [-0.39, 0.29) is 11.9 Å². The van der Waals surface area contributed by atoms with Crippen LogP contribution in [0.5, 0.6) is 0 Å². The molecule has 128 valence electrons. The van der Waals surface area contributed by atoms with Crippen LogP contribution in [0, 0.1) is 10.5 Å². The second-order valence-electron chi connectivity index (χ2n) is 5.97. The maximum atomic E-state index is 12.7. The summed E-state index contributed by atoms with van der Waals surface area (Å²) in [7, 11) is -3.19. The molecule has 0 radical (unpaired) electrons. The van der Waals surface area contributed by atoms with Gasteiger partial charge < -0.3 is 4.90 Å². The van der Waals surface area contributed by atoms with Gasteiger partial charge in [-0.05, 0) is 54.5 Å². The summed E-state index contributed by atoms with van der Waals surface area (Å²) in [6.45, 7) is 5.50. The van der Waals surface area contributed by atoms with Gasteiger partial charge >= 0.3 is 0 Å². The highest BCUT2D eigenvalue weighted by atomic mass is 127. The van der Waals surface area contributed by atoms with Crippen LogP contribution in [0.1, 0.15) is 35.7 Å². The first-order valence-corrected chi connectivity index (χ1v) is 10.7. The van der Waals surface area contributed by atoms with Crippen LogP contribution in [-0.4, -0.2) is 55.5 Å². The quantitative estimate of drug-likeness (QED) is 0.663. The third-order valence-electron chi connectivity index (χ3n) is 4.25. The van der Waals surface area contributed by atoms with Crippen LogP contribution in [0.15, 0.2) is 18.2 Å². The highest BCUT2D eigenvalue weighted by molar-refractivity contribution is 14.1. The van der Waals surface area contributed by atoms with E-state index in [2.05, 4.69) is 22.6 Å². The first kappa shape index (κ1) is 18.7. The molecule has 0 aliphatic carbocycles. The first-order chi connectivity index (χ1) is 10.7. The fraction of sp³-hybridized carbons (Fsp3) is 0.562. The molecule has 1 saturated heterocycles. The van der Waals surface area contributed by atoms with Gasteiger partial charge in [-0.25, -0.2) is 8.42 Å². The highest BCUT2D eigenvalue weighted by Gasteiger charge is 2.31. The van der Waals surface area contributed by atoms with Crippen molar-refractivity contribution in [3.63, 3.8) is 0 Å². The molecule has 1 aromatic carbocycles. The minimum Gasteiger partial charge on any atom is -0.338 e. The van der Waals surface area contributed by atoms with Gasteiger partial charge in [-0.15, -0.1) is 0 Å². The summed E-state index contributed by atoms with van der Waals surface area (Å²) in [6.07, 6.45) is 2.63. The molecule has 23 heavy (non-hydrogen) atoms. The lowest BCUT2D eigenvalue weighted by Gasteiger charge is -2.37. The summed E-state index contributed by atoms with van der Waals surface area (Å²) in [6, 6.07) is 5.87. The average molecular weight is 450 g/mol. The molecule has 0 spiro atoms. The molecule has 0 N–H and O–H groups in total. The van der Waals surface area contributed by atoms with E-state index in [1.54, 1.807) is 4.31 Å². The number of benzene rings is 1. The van der Waals surface area contributed by atoms with Gasteiger partial charge in [-0.1, -0.05) is 18.6 Å². The summed E-state index contributed by atoms with van der Waals surface area (Å²) in [5, 5.41) is 0. The summed E-state index contributed by atoms with van der Waals surface area (Å²) in [5.41, 5.74) is 1.80. The molecule has 0 bridgehead atoms. The number of halogens is 1. The lowest BCUT2D eigenvalue weighted by atomic mass is 10.0. The molecule has 1 fully saturated rings. The largest absolute Gasteiger partial charge is 0.338 e. The van der Waals surface area contributed by atoms with Gasteiger partial charge in [0.25, 0.3) is 5.91 Å². The van der Waals surface area contributed by atoms with E-state index in [1.807, 2.05) is 36.9 Å². The number of aryl methyl sites for hydroxylation is 1. The Morgan fingerprint density at radius 3 is 2.48 bits per heavy atom. The summed E-state index contributed by atoms with van der Waals surface area (Å²) in [5.74, 6) is 0.0407. The van der Waals surface area contributed by atoms with Crippen molar-refractivity contribution in [2.45, 2.75) is 32.7 Å². The number of carbonyl (C=O) groups is 1. The summed E-state index contributed by atoms with van der Waals surface area (Å²) in [4.78, 5) is 14.5. The van der Waals surface area contributed by atoms with Crippen molar-refractivity contribution in [1.29, 1.82) is 0 Å². The maximum Gasteiger partial charge on any atom is 0.254 e. The second kappa shape index (κ2) is 7.48. The van der Waals surface area contributed by atoms with Crippen LogP contribution >= 0.6 is 22.6 Å².